The van der Waals surface area contributed by atoms with E-state index in [1.54, 1.807) is 36.4 Å². The van der Waals surface area contributed by atoms with E-state index in [-0.39, 0.29) is 34.5 Å². The molecule has 0 atom stereocenters. The van der Waals surface area contributed by atoms with Crippen LogP contribution in [0.4, 0.5) is 11.5 Å². The van der Waals surface area contributed by atoms with Gasteiger partial charge in [0.25, 0.3) is 0 Å². The summed E-state index contributed by atoms with van der Waals surface area (Å²) in [5, 5.41) is 12.1. The highest BCUT2D eigenvalue weighted by Crippen LogP contribution is 2.39. The topological polar surface area (TPSA) is 108 Å². The summed E-state index contributed by atoms with van der Waals surface area (Å²) in [6.07, 6.45) is 5.45. The van der Waals surface area contributed by atoms with Gasteiger partial charge in [-0.1, -0.05) is 50.1 Å². The summed E-state index contributed by atoms with van der Waals surface area (Å²) >= 11 is 0. The fourth-order valence-corrected chi connectivity index (χ4v) is 4.41. The van der Waals surface area contributed by atoms with Crippen molar-refractivity contribution in [1.29, 1.82) is 0 Å². The zero-order chi connectivity index (χ0) is 24.8. The summed E-state index contributed by atoms with van der Waals surface area (Å²) in [6.45, 7) is 3.53. The molecule has 0 unspecified atom stereocenters. The van der Waals surface area contributed by atoms with Gasteiger partial charge in [-0.25, -0.2) is 4.98 Å². The Labute approximate surface area is 203 Å². The molecule has 1 aliphatic heterocycles. The average Bonchev–Trinajstić information content (AvgIpc) is 2.89. The van der Waals surface area contributed by atoms with Gasteiger partial charge in [0.1, 0.15) is 17.8 Å². The van der Waals surface area contributed by atoms with E-state index in [1.165, 1.54) is 19.5 Å². The van der Waals surface area contributed by atoms with Crippen molar-refractivity contribution in [2.24, 2.45) is 5.92 Å². The van der Waals surface area contributed by atoms with Crippen molar-refractivity contribution >= 4 is 17.3 Å². The van der Waals surface area contributed by atoms with Crippen molar-refractivity contribution in [2.45, 2.75) is 32.6 Å². The van der Waals surface area contributed by atoms with Crippen LogP contribution in [0.15, 0.2) is 54.9 Å². The molecule has 2 heterocycles. The second-order valence-electron chi connectivity index (χ2n) is 8.49. The summed E-state index contributed by atoms with van der Waals surface area (Å²) in [5.41, 5.74) is 0.393. The highest BCUT2D eigenvalue weighted by molar-refractivity contribution is 6.10. The summed E-state index contributed by atoms with van der Waals surface area (Å²) in [5.74, 6) is 0.918. The Morgan fingerprint density at radius 1 is 1.14 bits per heavy atom. The van der Waals surface area contributed by atoms with Crippen molar-refractivity contribution < 1.29 is 19.2 Å². The van der Waals surface area contributed by atoms with Crippen molar-refractivity contribution in [3.05, 3.63) is 76.1 Å². The van der Waals surface area contributed by atoms with Crippen LogP contribution in [0.5, 0.6) is 17.4 Å². The number of anilines is 1. The molecule has 0 saturated carbocycles. The highest BCUT2D eigenvalue weighted by Gasteiger charge is 2.31. The Morgan fingerprint density at radius 3 is 2.54 bits per heavy atom. The van der Waals surface area contributed by atoms with Gasteiger partial charge in [0.2, 0.25) is 5.82 Å². The van der Waals surface area contributed by atoms with Crippen molar-refractivity contribution in [2.75, 3.05) is 25.1 Å². The molecule has 0 spiro atoms. The van der Waals surface area contributed by atoms with Gasteiger partial charge in [-0.3, -0.25) is 14.9 Å². The van der Waals surface area contributed by atoms with E-state index in [4.69, 9.17) is 9.47 Å². The molecule has 1 aliphatic rings. The Balaban J connectivity index is 1.69. The van der Waals surface area contributed by atoms with Gasteiger partial charge in [-0.05, 0) is 30.9 Å². The molecular weight excluding hydrogens is 448 g/mol. The number of methoxy groups -OCH3 is 1. The first-order valence-corrected chi connectivity index (χ1v) is 11.7. The van der Waals surface area contributed by atoms with Gasteiger partial charge < -0.3 is 14.4 Å². The average molecular weight is 477 g/mol. The predicted octanol–water partition coefficient (Wildman–Crippen LogP) is 5.43. The maximum Gasteiger partial charge on any atom is 0.373 e. The molecule has 35 heavy (non-hydrogen) atoms. The van der Waals surface area contributed by atoms with Crippen LogP contribution in [0.2, 0.25) is 0 Å². The lowest BCUT2D eigenvalue weighted by molar-refractivity contribution is -0.385. The second kappa shape index (κ2) is 10.9. The van der Waals surface area contributed by atoms with E-state index in [2.05, 4.69) is 16.9 Å². The number of rotatable bonds is 9. The number of ether oxygens (including phenoxy) is 2. The number of carbonyl (C=O) groups is 1. The number of aromatic nitrogens is 2. The van der Waals surface area contributed by atoms with Crippen LogP contribution in [0, 0.1) is 16.0 Å². The molecule has 0 N–H and O–H groups in total. The lowest BCUT2D eigenvalue weighted by atomic mass is 9.92. The number of hydrogen-bond acceptors (Lipinski definition) is 8. The van der Waals surface area contributed by atoms with Crippen LogP contribution in [0.1, 0.15) is 48.5 Å². The molecule has 0 bridgehead atoms. The molecular formula is C26H28N4O5. The van der Waals surface area contributed by atoms with Gasteiger partial charge in [0.05, 0.1) is 17.6 Å². The van der Waals surface area contributed by atoms with Gasteiger partial charge in [0.15, 0.2) is 5.78 Å². The zero-order valence-corrected chi connectivity index (χ0v) is 19.8. The van der Waals surface area contributed by atoms with Crippen molar-refractivity contribution in [3.63, 3.8) is 0 Å². The largest absolute Gasteiger partial charge is 0.497 e. The van der Waals surface area contributed by atoms with E-state index in [1.807, 2.05) is 11.0 Å². The smallest absolute Gasteiger partial charge is 0.373 e. The molecule has 0 radical (unpaired) electrons. The number of carbonyl (C=O) groups excluding carboxylic acids is 1. The van der Waals surface area contributed by atoms with Crippen LogP contribution >= 0.6 is 0 Å². The molecule has 1 saturated heterocycles. The minimum Gasteiger partial charge on any atom is -0.497 e. The molecule has 9 heteroatoms. The molecule has 0 aliphatic carbocycles. The first-order chi connectivity index (χ1) is 17.0. The Bertz CT molecular complexity index is 1190. The minimum atomic E-state index is -0.526. The lowest BCUT2D eigenvalue weighted by Gasteiger charge is -2.32. The van der Waals surface area contributed by atoms with E-state index >= 15 is 0 Å². The SMILES string of the molecule is CCCC1CCN(c2ncnc(Oc3cc(OC)ccc3C(=O)c3ccccc3)c2[N+](=O)[O-])CC1. The first-order valence-electron chi connectivity index (χ1n) is 11.7. The lowest BCUT2D eigenvalue weighted by Crippen LogP contribution is -2.34. The van der Waals surface area contributed by atoms with Crippen LogP contribution in [-0.4, -0.2) is 40.9 Å². The fraction of sp³-hybridized carbons (Fsp3) is 0.346. The number of nitro groups is 1. The number of ketones is 1. The molecule has 2 aromatic carbocycles. The van der Waals surface area contributed by atoms with Crippen molar-refractivity contribution in [3.8, 4) is 17.4 Å². The summed E-state index contributed by atoms with van der Waals surface area (Å²) < 4.78 is 11.3. The summed E-state index contributed by atoms with van der Waals surface area (Å²) in [6, 6.07) is 13.5. The molecule has 0 amide bonds. The van der Waals surface area contributed by atoms with Gasteiger partial charge in [-0.15, -0.1) is 0 Å². The maximum absolute atomic E-state index is 13.2. The standard InChI is InChI=1S/C26H28N4O5/c1-3-7-18-12-14-29(15-13-18)25-23(30(32)33)26(28-17-27-25)35-22-16-20(34-2)10-11-21(22)24(31)19-8-5-4-6-9-19/h4-6,8-11,16-18H,3,7,12-15H2,1-2H3. The van der Waals surface area contributed by atoms with Crippen LogP contribution in [0.25, 0.3) is 0 Å². The van der Waals surface area contributed by atoms with Crippen LogP contribution in [-0.2, 0) is 0 Å². The molecule has 1 aromatic heterocycles. The molecule has 1 fully saturated rings. The van der Waals surface area contributed by atoms with Gasteiger partial charge >= 0.3 is 11.6 Å². The summed E-state index contributed by atoms with van der Waals surface area (Å²) in [4.78, 5) is 35.0. The minimum absolute atomic E-state index is 0.118. The van der Waals surface area contributed by atoms with Crippen molar-refractivity contribution in [1.82, 2.24) is 9.97 Å². The highest BCUT2D eigenvalue weighted by atomic mass is 16.6. The number of hydrogen-bond donors (Lipinski definition) is 0. The van der Waals surface area contributed by atoms with Gasteiger partial charge in [0, 0.05) is 24.7 Å². The second-order valence-corrected chi connectivity index (χ2v) is 8.49. The van der Waals surface area contributed by atoms with E-state index in [0.717, 1.165) is 25.7 Å². The monoisotopic (exact) mass is 476 g/mol. The Morgan fingerprint density at radius 2 is 1.89 bits per heavy atom. The molecule has 4 rings (SSSR count). The zero-order valence-electron chi connectivity index (χ0n) is 19.8. The van der Waals surface area contributed by atoms with E-state index in [0.29, 0.717) is 30.3 Å². The molecule has 9 nitrogen and oxygen atoms in total. The molecule has 182 valence electrons. The Kier molecular flexibility index (Phi) is 7.54. The third-order valence-corrected chi connectivity index (χ3v) is 6.24. The first kappa shape index (κ1) is 24.1. The number of benzene rings is 2. The quantitative estimate of drug-likeness (QED) is 0.228. The van der Waals surface area contributed by atoms with Gasteiger partial charge in [-0.2, -0.15) is 4.98 Å². The maximum atomic E-state index is 13.2. The fourth-order valence-electron chi connectivity index (χ4n) is 4.41. The third-order valence-electron chi connectivity index (χ3n) is 6.24. The summed E-state index contributed by atoms with van der Waals surface area (Å²) in [7, 11) is 1.49. The third kappa shape index (κ3) is 5.40. The molecule has 3 aromatic rings. The number of nitrogens with zero attached hydrogens (tertiary/aromatic N) is 4. The normalized spacial score (nSPS) is 13.9. The predicted molar refractivity (Wildman–Crippen MR) is 131 cm³/mol. The van der Waals surface area contributed by atoms with Crippen LogP contribution in [0.3, 0.4) is 0 Å². The van der Waals surface area contributed by atoms with E-state index < -0.39 is 4.92 Å². The van der Waals surface area contributed by atoms with E-state index in [9.17, 15) is 14.9 Å². The Hall–Kier alpha value is -4.01. The number of piperidine rings is 1. The van der Waals surface area contributed by atoms with Crippen LogP contribution < -0.4 is 14.4 Å².